The predicted octanol–water partition coefficient (Wildman–Crippen LogP) is 4.75. The van der Waals surface area contributed by atoms with Gasteiger partial charge < -0.3 is 9.47 Å². The van der Waals surface area contributed by atoms with Crippen molar-refractivity contribution in [1.82, 2.24) is 0 Å². The smallest absolute Gasteiger partial charge is 0.302 e. The average Bonchev–Trinajstić information content (AvgIpc) is 2.96. The van der Waals surface area contributed by atoms with Gasteiger partial charge in [0.1, 0.15) is 12.2 Å². The Balaban J connectivity index is 1.58. The third-order valence-electron chi connectivity index (χ3n) is 9.45. The summed E-state index contributed by atoms with van der Waals surface area (Å²) in [5.41, 5.74) is 0.290. The second kappa shape index (κ2) is 7.33. The van der Waals surface area contributed by atoms with Crippen molar-refractivity contribution in [2.45, 2.75) is 91.3 Å². The fourth-order valence-corrected chi connectivity index (χ4v) is 8.13. The van der Waals surface area contributed by atoms with Gasteiger partial charge in [0.05, 0.1) is 5.92 Å². The van der Waals surface area contributed by atoms with Crippen molar-refractivity contribution in [3.05, 3.63) is 0 Å². The van der Waals surface area contributed by atoms with Gasteiger partial charge in [0.15, 0.2) is 0 Å². The Morgan fingerprint density at radius 3 is 2.28 bits per heavy atom. The fourth-order valence-electron chi connectivity index (χ4n) is 8.13. The van der Waals surface area contributed by atoms with E-state index in [-0.39, 0.29) is 40.9 Å². The van der Waals surface area contributed by atoms with E-state index in [1.165, 1.54) is 33.1 Å². The number of hydrogen-bond donors (Lipinski definition) is 0. The van der Waals surface area contributed by atoms with Crippen LogP contribution in [0.25, 0.3) is 0 Å². The van der Waals surface area contributed by atoms with Crippen LogP contribution in [0.4, 0.5) is 0 Å². The summed E-state index contributed by atoms with van der Waals surface area (Å²) in [7, 11) is 0. The molecule has 4 fully saturated rings. The SMILES string of the molecule is C#C[C@@H]1C[C@@H]2CC[C@H]3[C@H]4CC[C@H](OC(C)=O)[C@@]4(C)CC[C@@H]3[C@@]2(C)C[C@@H]1OC(C)=O. The number of hydrogen-bond acceptors (Lipinski definition) is 4. The van der Waals surface area contributed by atoms with E-state index in [9.17, 15) is 9.59 Å². The molecule has 4 heteroatoms. The highest BCUT2D eigenvalue weighted by atomic mass is 16.5. The van der Waals surface area contributed by atoms with Gasteiger partial charge in [-0.2, -0.15) is 0 Å². The number of carbonyl (C=O) groups excluding carboxylic acids is 2. The van der Waals surface area contributed by atoms with Gasteiger partial charge in [-0.25, -0.2) is 0 Å². The number of ether oxygens (including phenoxy) is 2. The number of carbonyl (C=O) groups is 2. The lowest BCUT2D eigenvalue weighted by Gasteiger charge is -2.61. The quantitative estimate of drug-likeness (QED) is 0.496. The lowest BCUT2D eigenvalue weighted by Crippen LogP contribution is -2.56. The summed E-state index contributed by atoms with van der Waals surface area (Å²) in [6.07, 6.45) is 14.6. The lowest BCUT2D eigenvalue weighted by atomic mass is 9.44. The molecule has 0 spiro atoms. The Labute approximate surface area is 175 Å². The van der Waals surface area contributed by atoms with E-state index < -0.39 is 0 Å². The first-order valence-corrected chi connectivity index (χ1v) is 11.5. The zero-order valence-electron chi connectivity index (χ0n) is 18.4. The van der Waals surface area contributed by atoms with Crippen LogP contribution < -0.4 is 0 Å². The molecule has 0 heterocycles. The first-order chi connectivity index (χ1) is 13.7. The zero-order valence-corrected chi connectivity index (χ0v) is 18.4. The highest BCUT2D eigenvalue weighted by Gasteiger charge is 2.62. The van der Waals surface area contributed by atoms with Gasteiger partial charge in [-0.3, -0.25) is 9.59 Å². The summed E-state index contributed by atoms with van der Waals surface area (Å²) >= 11 is 0. The highest BCUT2D eigenvalue weighted by Crippen LogP contribution is 2.67. The Kier molecular flexibility index (Phi) is 5.24. The first kappa shape index (κ1) is 20.8. The van der Waals surface area contributed by atoms with Gasteiger partial charge >= 0.3 is 11.9 Å². The van der Waals surface area contributed by atoms with Gasteiger partial charge in [-0.05, 0) is 80.5 Å². The van der Waals surface area contributed by atoms with Crippen molar-refractivity contribution in [3.63, 3.8) is 0 Å². The van der Waals surface area contributed by atoms with E-state index in [1.54, 1.807) is 0 Å². The fraction of sp³-hybridized carbons (Fsp3) is 0.840. The second-order valence-electron chi connectivity index (χ2n) is 10.7. The van der Waals surface area contributed by atoms with Crippen LogP contribution in [0.5, 0.6) is 0 Å². The first-order valence-electron chi connectivity index (χ1n) is 11.5. The molecule has 0 bridgehead atoms. The molecule has 0 aromatic rings. The van der Waals surface area contributed by atoms with Crippen LogP contribution >= 0.6 is 0 Å². The van der Waals surface area contributed by atoms with Gasteiger partial charge in [0.25, 0.3) is 0 Å². The number of fused-ring (bicyclic) bond motifs is 5. The minimum absolute atomic E-state index is 0.0437. The topological polar surface area (TPSA) is 52.6 Å². The Morgan fingerprint density at radius 2 is 1.62 bits per heavy atom. The molecule has 0 radical (unpaired) electrons. The van der Waals surface area contributed by atoms with E-state index >= 15 is 0 Å². The molecule has 0 unspecified atom stereocenters. The summed E-state index contributed by atoms with van der Waals surface area (Å²) in [6.45, 7) is 7.83. The average molecular weight is 401 g/mol. The van der Waals surface area contributed by atoms with E-state index in [2.05, 4.69) is 19.8 Å². The molecule has 4 aliphatic rings. The minimum Gasteiger partial charge on any atom is -0.462 e. The maximum absolute atomic E-state index is 11.7. The molecule has 0 aromatic carbocycles. The molecule has 29 heavy (non-hydrogen) atoms. The van der Waals surface area contributed by atoms with Crippen LogP contribution in [-0.2, 0) is 19.1 Å². The van der Waals surface area contributed by atoms with Gasteiger partial charge in [-0.15, -0.1) is 6.42 Å². The lowest BCUT2D eigenvalue weighted by molar-refractivity contribution is -0.175. The molecule has 4 rings (SSSR count). The van der Waals surface area contributed by atoms with Crippen LogP contribution in [0.2, 0.25) is 0 Å². The van der Waals surface area contributed by atoms with Gasteiger partial charge in [-0.1, -0.05) is 19.8 Å². The Morgan fingerprint density at radius 1 is 0.931 bits per heavy atom. The van der Waals surface area contributed by atoms with Gasteiger partial charge in [0.2, 0.25) is 0 Å². The molecular weight excluding hydrogens is 364 g/mol. The standard InChI is InChI=1S/C25H36O4/c1-6-17-13-18-7-8-19-20-9-10-23(29-16(3)27)24(20,4)12-11-21(19)25(18,5)14-22(17)28-15(2)26/h1,17-23H,7-14H2,2-5H3/t17-,18+,19+,20-,21+,22+,23+,24+,25+/m1/s1. The normalized spacial score (nSPS) is 48.4. The molecule has 9 atom stereocenters. The molecular formula is C25H36O4. The van der Waals surface area contributed by atoms with Crippen molar-refractivity contribution < 1.29 is 19.1 Å². The third kappa shape index (κ3) is 3.29. The summed E-state index contributed by atoms with van der Waals surface area (Å²) in [4.78, 5) is 23.3. The van der Waals surface area contributed by atoms with Crippen LogP contribution in [0.3, 0.4) is 0 Å². The molecule has 0 aliphatic heterocycles. The zero-order chi connectivity index (χ0) is 21.0. The summed E-state index contributed by atoms with van der Waals surface area (Å²) in [5.74, 6) is 5.16. The monoisotopic (exact) mass is 400 g/mol. The van der Waals surface area contributed by atoms with Crippen molar-refractivity contribution in [1.29, 1.82) is 0 Å². The van der Waals surface area contributed by atoms with Crippen LogP contribution in [0.15, 0.2) is 0 Å². The van der Waals surface area contributed by atoms with Crippen molar-refractivity contribution in [3.8, 4) is 12.3 Å². The maximum Gasteiger partial charge on any atom is 0.302 e. The van der Waals surface area contributed by atoms with Crippen molar-refractivity contribution in [2.75, 3.05) is 0 Å². The van der Waals surface area contributed by atoms with E-state index in [0.29, 0.717) is 23.7 Å². The van der Waals surface area contributed by atoms with E-state index in [0.717, 1.165) is 32.1 Å². The minimum atomic E-state index is -0.221. The Bertz CT molecular complexity index is 723. The molecule has 4 nitrogen and oxygen atoms in total. The second-order valence-corrected chi connectivity index (χ2v) is 10.7. The highest BCUT2D eigenvalue weighted by molar-refractivity contribution is 5.66. The number of terminal acetylenes is 1. The van der Waals surface area contributed by atoms with Crippen LogP contribution in [0.1, 0.15) is 79.1 Å². The third-order valence-corrected chi connectivity index (χ3v) is 9.45. The Hall–Kier alpha value is -1.50. The molecule has 0 aromatic heterocycles. The summed E-state index contributed by atoms with van der Waals surface area (Å²) in [6, 6.07) is 0. The predicted molar refractivity (Wildman–Crippen MR) is 111 cm³/mol. The summed E-state index contributed by atoms with van der Waals surface area (Å²) in [5, 5.41) is 0. The molecule has 0 saturated heterocycles. The van der Waals surface area contributed by atoms with Crippen LogP contribution in [-0.4, -0.2) is 24.1 Å². The van der Waals surface area contributed by atoms with Crippen molar-refractivity contribution >= 4 is 11.9 Å². The maximum atomic E-state index is 11.7. The number of esters is 2. The van der Waals surface area contributed by atoms with Crippen molar-refractivity contribution in [2.24, 2.45) is 40.4 Å². The molecule has 4 saturated carbocycles. The number of rotatable bonds is 2. The molecule has 4 aliphatic carbocycles. The van der Waals surface area contributed by atoms with Crippen LogP contribution in [0, 0.1) is 52.8 Å². The largest absolute Gasteiger partial charge is 0.462 e. The molecule has 0 amide bonds. The molecule has 0 N–H and O–H groups in total. The summed E-state index contributed by atoms with van der Waals surface area (Å²) < 4.78 is 11.5. The van der Waals surface area contributed by atoms with E-state index in [4.69, 9.17) is 15.9 Å². The van der Waals surface area contributed by atoms with E-state index in [1.807, 2.05) is 0 Å². The van der Waals surface area contributed by atoms with Gasteiger partial charge in [0, 0.05) is 19.3 Å². The molecule has 160 valence electrons.